The van der Waals surface area contributed by atoms with Crippen molar-refractivity contribution < 1.29 is 19.1 Å². The average Bonchev–Trinajstić information content (AvgIpc) is 2.64. The van der Waals surface area contributed by atoms with Crippen molar-refractivity contribution in [2.45, 2.75) is 20.8 Å². The fraction of sp³-hybridized carbons (Fsp3) is 0.273. The van der Waals surface area contributed by atoms with E-state index in [0.29, 0.717) is 29.4 Å². The molecule has 146 valence electrons. The monoisotopic (exact) mass is 380 g/mol. The summed E-state index contributed by atoms with van der Waals surface area (Å²) < 4.78 is 11.1. The van der Waals surface area contributed by atoms with Crippen molar-refractivity contribution in [3.8, 4) is 11.5 Å². The van der Waals surface area contributed by atoms with Crippen molar-refractivity contribution in [3.63, 3.8) is 0 Å². The molecule has 0 radical (unpaired) electrons. The Bertz CT molecular complexity index is 936. The van der Waals surface area contributed by atoms with Gasteiger partial charge < -0.3 is 19.7 Å². The molecule has 2 aromatic rings. The number of aryl methyl sites for hydroxylation is 2. The molecule has 6 heteroatoms. The number of nitrogens with one attached hydrogen (secondary N) is 1. The van der Waals surface area contributed by atoms with Crippen LogP contribution in [0.3, 0.4) is 0 Å². The zero-order chi connectivity index (χ0) is 20.3. The number of nitrogens with zero attached hydrogens (tertiary/aromatic N) is 1. The molecule has 1 aliphatic rings. The number of carbonyl (C=O) groups excluding carboxylic acids is 2. The lowest BCUT2D eigenvalue weighted by atomic mass is 10.1. The second-order valence-corrected chi connectivity index (χ2v) is 7.01. The Balaban J connectivity index is 1.70. The summed E-state index contributed by atoms with van der Waals surface area (Å²) >= 11 is 0. The normalized spacial score (nSPS) is 12.8. The van der Waals surface area contributed by atoms with Crippen LogP contribution in [0.1, 0.15) is 18.1 Å². The predicted octanol–water partition coefficient (Wildman–Crippen LogP) is 3.62. The number of carbonyl (C=O) groups is 2. The highest BCUT2D eigenvalue weighted by Gasteiger charge is 2.25. The fourth-order valence-electron chi connectivity index (χ4n) is 2.93. The van der Waals surface area contributed by atoms with Crippen molar-refractivity contribution in [1.82, 2.24) is 0 Å². The summed E-state index contributed by atoms with van der Waals surface area (Å²) in [5.41, 5.74) is 4.08. The van der Waals surface area contributed by atoms with Crippen LogP contribution in [0.15, 0.2) is 48.6 Å². The number of hydrogen-bond donors (Lipinski definition) is 1. The molecule has 0 spiro atoms. The highest BCUT2D eigenvalue weighted by atomic mass is 16.5. The number of amides is 2. The van der Waals surface area contributed by atoms with E-state index in [1.807, 2.05) is 39.0 Å². The molecule has 1 heterocycles. The van der Waals surface area contributed by atoms with Gasteiger partial charge in [0.15, 0.2) is 13.2 Å². The first-order chi connectivity index (χ1) is 13.3. The van der Waals surface area contributed by atoms with E-state index in [4.69, 9.17) is 9.47 Å². The summed E-state index contributed by atoms with van der Waals surface area (Å²) in [5.74, 6) is 0.866. The molecule has 3 rings (SSSR count). The van der Waals surface area contributed by atoms with E-state index in [1.54, 1.807) is 23.1 Å². The zero-order valence-electron chi connectivity index (χ0n) is 16.4. The van der Waals surface area contributed by atoms with E-state index < -0.39 is 0 Å². The lowest BCUT2D eigenvalue weighted by Gasteiger charge is -2.30. The van der Waals surface area contributed by atoms with Crippen LogP contribution >= 0.6 is 0 Å². The molecular formula is C22H24N2O4. The first kappa shape index (κ1) is 19.5. The van der Waals surface area contributed by atoms with Crippen LogP contribution in [0, 0.1) is 13.8 Å². The van der Waals surface area contributed by atoms with Gasteiger partial charge in [-0.1, -0.05) is 24.3 Å². The van der Waals surface area contributed by atoms with Gasteiger partial charge in [0.2, 0.25) is 0 Å². The second-order valence-electron chi connectivity index (χ2n) is 7.01. The maximum atomic E-state index is 12.3. The highest BCUT2D eigenvalue weighted by molar-refractivity contribution is 6.00. The third-order valence-corrected chi connectivity index (χ3v) is 4.32. The molecule has 0 fully saturated rings. The lowest BCUT2D eigenvalue weighted by Crippen LogP contribution is -2.39. The number of hydrogen-bond acceptors (Lipinski definition) is 4. The molecular weight excluding hydrogens is 356 g/mol. The number of benzene rings is 2. The molecule has 6 nitrogen and oxygen atoms in total. The summed E-state index contributed by atoms with van der Waals surface area (Å²) in [6.45, 7) is 9.93. The number of ether oxygens (including phenoxy) is 2. The van der Waals surface area contributed by atoms with E-state index in [9.17, 15) is 9.59 Å². The Morgan fingerprint density at radius 2 is 2.04 bits per heavy atom. The molecule has 0 bridgehead atoms. The summed E-state index contributed by atoms with van der Waals surface area (Å²) in [5, 5.41) is 2.81. The largest absolute Gasteiger partial charge is 0.483 e. The van der Waals surface area contributed by atoms with Crippen LogP contribution in [0.25, 0.3) is 0 Å². The molecule has 1 N–H and O–H groups in total. The Hall–Kier alpha value is -3.28. The molecule has 0 aromatic heterocycles. The molecule has 2 aromatic carbocycles. The maximum absolute atomic E-state index is 12.3. The van der Waals surface area contributed by atoms with Crippen molar-refractivity contribution in [3.05, 3.63) is 59.7 Å². The third kappa shape index (κ3) is 4.52. The van der Waals surface area contributed by atoms with Gasteiger partial charge in [0, 0.05) is 12.2 Å². The molecule has 0 unspecified atom stereocenters. The second kappa shape index (κ2) is 8.17. The molecule has 28 heavy (non-hydrogen) atoms. The number of anilines is 2. The van der Waals surface area contributed by atoms with Crippen molar-refractivity contribution in [2.75, 3.05) is 30.0 Å². The molecule has 0 atom stereocenters. The smallest absolute Gasteiger partial charge is 0.265 e. The van der Waals surface area contributed by atoms with Crippen LogP contribution < -0.4 is 19.7 Å². The van der Waals surface area contributed by atoms with Crippen molar-refractivity contribution in [2.24, 2.45) is 0 Å². The maximum Gasteiger partial charge on any atom is 0.265 e. The van der Waals surface area contributed by atoms with Gasteiger partial charge in [-0.25, -0.2) is 0 Å². The molecule has 0 aliphatic carbocycles. The number of fused-ring (bicyclic) bond motifs is 1. The molecule has 2 amide bonds. The standard InChI is InChI=1S/C22H24N2O4/c1-14(2)11-24-18-10-17(7-8-19(18)28-13-22(24)26)23-21(25)12-27-20-9-15(3)5-6-16(20)4/h5-10H,1,11-13H2,2-4H3,(H,23,25). The first-order valence-electron chi connectivity index (χ1n) is 9.05. The van der Waals surface area contributed by atoms with E-state index in [0.717, 1.165) is 16.7 Å². The Kier molecular flexibility index (Phi) is 5.68. The Labute approximate surface area is 164 Å². The van der Waals surface area contributed by atoms with E-state index >= 15 is 0 Å². The average molecular weight is 380 g/mol. The van der Waals surface area contributed by atoms with Crippen LogP contribution in [0.4, 0.5) is 11.4 Å². The summed E-state index contributed by atoms with van der Waals surface area (Å²) in [7, 11) is 0. The van der Waals surface area contributed by atoms with Crippen LogP contribution in [-0.4, -0.2) is 31.6 Å². The van der Waals surface area contributed by atoms with E-state index in [1.165, 1.54) is 0 Å². The van der Waals surface area contributed by atoms with Crippen LogP contribution in [0.5, 0.6) is 11.5 Å². The van der Waals surface area contributed by atoms with Gasteiger partial charge in [0.1, 0.15) is 11.5 Å². The van der Waals surface area contributed by atoms with Crippen LogP contribution in [-0.2, 0) is 9.59 Å². The lowest BCUT2D eigenvalue weighted by molar-refractivity contribution is -0.121. The van der Waals surface area contributed by atoms with Gasteiger partial charge in [0.25, 0.3) is 11.8 Å². The first-order valence-corrected chi connectivity index (χ1v) is 9.05. The summed E-state index contributed by atoms with van der Waals surface area (Å²) in [6.07, 6.45) is 0. The highest BCUT2D eigenvalue weighted by Crippen LogP contribution is 2.35. The minimum absolute atomic E-state index is 0.00430. The van der Waals surface area contributed by atoms with Gasteiger partial charge in [-0.3, -0.25) is 9.59 Å². The summed E-state index contributed by atoms with van der Waals surface area (Å²) in [4.78, 5) is 26.1. The van der Waals surface area contributed by atoms with Crippen molar-refractivity contribution in [1.29, 1.82) is 0 Å². The van der Waals surface area contributed by atoms with Crippen LogP contribution in [0.2, 0.25) is 0 Å². The van der Waals surface area contributed by atoms with Gasteiger partial charge in [-0.05, 0) is 56.2 Å². The molecule has 1 aliphatic heterocycles. The SMILES string of the molecule is C=C(C)CN1C(=O)COc2ccc(NC(=O)COc3cc(C)ccc3C)cc21. The Morgan fingerprint density at radius 3 is 2.79 bits per heavy atom. The fourth-order valence-corrected chi connectivity index (χ4v) is 2.93. The van der Waals surface area contributed by atoms with Crippen molar-refractivity contribution >= 4 is 23.2 Å². The Morgan fingerprint density at radius 1 is 1.25 bits per heavy atom. The van der Waals surface area contributed by atoms with Gasteiger partial charge in [-0.2, -0.15) is 0 Å². The third-order valence-electron chi connectivity index (χ3n) is 4.32. The minimum Gasteiger partial charge on any atom is -0.483 e. The summed E-state index contributed by atoms with van der Waals surface area (Å²) in [6, 6.07) is 11.1. The minimum atomic E-state index is -0.282. The van der Waals surface area contributed by atoms with Gasteiger partial charge in [-0.15, -0.1) is 0 Å². The van der Waals surface area contributed by atoms with Gasteiger partial charge in [0.05, 0.1) is 5.69 Å². The molecule has 0 saturated carbocycles. The topological polar surface area (TPSA) is 67.9 Å². The predicted molar refractivity (Wildman–Crippen MR) is 109 cm³/mol. The van der Waals surface area contributed by atoms with E-state index in [2.05, 4.69) is 11.9 Å². The quantitative estimate of drug-likeness (QED) is 0.777. The van der Waals surface area contributed by atoms with Gasteiger partial charge >= 0.3 is 0 Å². The number of rotatable bonds is 6. The molecule has 0 saturated heterocycles. The zero-order valence-corrected chi connectivity index (χ0v) is 16.4. The van der Waals surface area contributed by atoms with E-state index in [-0.39, 0.29) is 25.0 Å².